The van der Waals surface area contributed by atoms with Gasteiger partial charge in [0.05, 0.1) is 0 Å². The second-order valence-corrected chi connectivity index (χ2v) is 2.62. The maximum atomic E-state index is 4.50. The van der Waals surface area contributed by atoms with Gasteiger partial charge in [-0.05, 0) is 26.9 Å². The minimum Gasteiger partial charge on any atom is -0.333 e. The predicted molar refractivity (Wildman–Crippen MR) is 57.4 cm³/mol. The van der Waals surface area contributed by atoms with Crippen molar-refractivity contribution in [2.75, 3.05) is 14.1 Å². The maximum Gasteiger partial charge on any atom is 0.00640 e. The van der Waals surface area contributed by atoms with Crippen LogP contribution in [0.25, 0.3) is 0 Å². The summed E-state index contributed by atoms with van der Waals surface area (Å²) in [5, 5.41) is 3.30. The molecular formula is C10H26N2. The first kappa shape index (κ1) is 14.4. The van der Waals surface area contributed by atoms with Gasteiger partial charge in [-0.3, -0.25) is 0 Å². The fourth-order valence-electron chi connectivity index (χ4n) is 1.39. The Morgan fingerprint density at radius 3 is 1.67 bits per heavy atom. The summed E-state index contributed by atoms with van der Waals surface area (Å²) in [6, 6.07) is 0.837. The van der Waals surface area contributed by atoms with Crippen molar-refractivity contribution in [3.63, 3.8) is 0 Å². The summed E-state index contributed by atoms with van der Waals surface area (Å²) in [6.07, 6.45) is 7.13. The smallest absolute Gasteiger partial charge is 0.00640 e. The number of nitrogens with two attached hydrogens (primary N) is 1. The van der Waals surface area contributed by atoms with Crippen LogP contribution in [0, 0.1) is 0 Å². The quantitative estimate of drug-likeness (QED) is 0.639. The van der Waals surface area contributed by atoms with Crippen molar-refractivity contribution in [2.24, 2.45) is 5.73 Å². The van der Waals surface area contributed by atoms with Crippen molar-refractivity contribution < 1.29 is 0 Å². The second-order valence-electron chi connectivity index (χ2n) is 2.62. The fraction of sp³-hybridized carbons (Fsp3) is 1.00. The second kappa shape index (κ2) is 13.5. The molecule has 0 spiro atoms. The fourth-order valence-corrected chi connectivity index (χ4v) is 1.39. The zero-order chi connectivity index (χ0) is 9.82. The van der Waals surface area contributed by atoms with Gasteiger partial charge >= 0.3 is 0 Å². The van der Waals surface area contributed by atoms with Crippen molar-refractivity contribution in [1.82, 2.24) is 5.32 Å². The van der Waals surface area contributed by atoms with E-state index in [4.69, 9.17) is 0 Å². The molecule has 0 radical (unpaired) electrons. The molecule has 0 bridgehead atoms. The van der Waals surface area contributed by atoms with Crippen LogP contribution in [0.1, 0.15) is 46.0 Å². The third kappa shape index (κ3) is 8.02. The molecule has 3 N–H and O–H groups in total. The average molecular weight is 174 g/mol. The molecule has 0 aromatic heterocycles. The van der Waals surface area contributed by atoms with Gasteiger partial charge in [-0.25, -0.2) is 0 Å². The van der Waals surface area contributed by atoms with E-state index in [0.717, 1.165) is 6.04 Å². The third-order valence-electron chi connectivity index (χ3n) is 2.01. The molecule has 0 aromatic carbocycles. The molecule has 12 heavy (non-hydrogen) atoms. The van der Waals surface area contributed by atoms with Gasteiger partial charge in [-0.15, -0.1) is 0 Å². The summed E-state index contributed by atoms with van der Waals surface area (Å²) >= 11 is 0. The van der Waals surface area contributed by atoms with Crippen molar-refractivity contribution in [1.29, 1.82) is 0 Å². The molecule has 0 amide bonds. The summed E-state index contributed by atoms with van der Waals surface area (Å²) in [4.78, 5) is 0. The summed E-state index contributed by atoms with van der Waals surface area (Å²) in [5.74, 6) is 0. The number of hydrogen-bond acceptors (Lipinski definition) is 2. The Labute approximate surface area is 77.9 Å². The summed E-state index contributed by atoms with van der Waals surface area (Å²) in [7, 11) is 3.57. The molecule has 0 aliphatic heterocycles. The van der Waals surface area contributed by atoms with Gasteiger partial charge in [0.25, 0.3) is 0 Å². The lowest BCUT2D eigenvalue weighted by molar-refractivity contribution is 0.394. The molecule has 0 aromatic rings. The molecule has 76 valence electrons. The van der Waals surface area contributed by atoms with Crippen molar-refractivity contribution in [2.45, 2.75) is 52.0 Å². The molecule has 1 aliphatic rings. The minimum atomic E-state index is 0.837. The van der Waals surface area contributed by atoms with E-state index in [9.17, 15) is 0 Å². The highest BCUT2D eigenvalue weighted by Gasteiger charge is 2.09. The number of rotatable bonds is 1. The van der Waals surface area contributed by atoms with Crippen LogP contribution >= 0.6 is 0 Å². The maximum absolute atomic E-state index is 4.50. The normalized spacial score (nSPS) is 16.8. The Hall–Kier alpha value is -0.0800. The largest absolute Gasteiger partial charge is 0.333 e. The standard InChI is InChI=1S/C7H15N.C2H6.CH5N/c1-8-7-5-3-2-4-6-7;2*1-2/h7-8H,2-6H2,1H3;1-2H3;2H2,1H3. The molecule has 1 saturated carbocycles. The Morgan fingerprint density at radius 2 is 1.42 bits per heavy atom. The first-order valence-electron chi connectivity index (χ1n) is 5.18. The molecule has 0 heterocycles. The Bertz CT molecular complexity index is 58.9. The van der Waals surface area contributed by atoms with Gasteiger partial charge in [-0.1, -0.05) is 33.1 Å². The van der Waals surface area contributed by atoms with Crippen LogP contribution in [0.15, 0.2) is 0 Å². The molecule has 2 nitrogen and oxygen atoms in total. The van der Waals surface area contributed by atoms with E-state index in [1.807, 2.05) is 13.8 Å². The first-order chi connectivity index (χ1) is 5.93. The van der Waals surface area contributed by atoms with E-state index in [1.54, 1.807) is 0 Å². The summed E-state index contributed by atoms with van der Waals surface area (Å²) < 4.78 is 0. The molecule has 2 heteroatoms. The van der Waals surface area contributed by atoms with Gasteiger partial charge in [0.2, 0.25) is 0 Å². The van der Waals surface area contributed by atoms with Gasteiger partial charge in [-0.2, -0.15) is 0 Å². The molecular weight excluding hydrogens is 148 g/mol. The van der Waals surface area contributed by atoms with Crippen LogP contribution in [-0.2, 0) is 0 Å². The molecule has 1 aliphatic carbocycles. The first-order valence-corrected chi connectivity index (χ1v) is 5.18. The van der Waals surface area contributed by atoms with Crippen molar-refractivity contribution in [3.8, 4) is 0 Å². The van der Waals surface area contributed by atoms with Crippen LogP contribution in [0.5, 0.6) is 0 Å². The zero-order valence-electron chi connectivity index (χ0n) is 9.19. The topological polar surface area (TPSA) is 38.0 Å². The number of nitrogens with one attached hydrogen (secondary N) is 1. The van der Waals surface area contributed by atoms with Crippen LogP contribution in [-0.4, -0.2) is 20.1 Å². The van der Waals surface area contributed by atoms with Crippen LogP contribution in [0.4, 0.5) is 0 Å². The van der Waals surface area contributed by atoms with Crippen molar-refractivity contribution in [3.05, 3.63) is 0 Å². The monoisotopic (exact) mass is 174 g/mol. The van der Waals surface area contributed by atoms with Gasteiger partial charge in [0.15, 0.2) is 0 Å². The van der Waals surface area contributed by atoms with E-state index in [-0.39, 0.29) is 0 Å². The molecule has 1 rings (SSSR count). The lowest BCUT2D eigenvalue weighted by atomic mass is 9.96. The van der Waals surface area contributed by atoms with Gasteiger partial charge in [0, 0.05) is 6.04 Å². The molecule has 0 unspecified atom stereocenters. The zero-order valence-corrected chi connectivity index (χ0v) is 9.19. The highest BCUT2D eigenvalue weighted by Crippen LogP contribution is 2.16. The molecule has 0 atom stereocenters. The number of hydrogen-bond donors (Lipinski definition) is 2. The minimum absolute atomic E-state index is 0.837. The van der Waals surface area contributed by atoms with Crippen LogP contribution in [0.2, 0.25) is 0 Å². The Morgan fingerprint density at radius 1 is 1.00 bits per heavy atom. The van der Waals surface area contributed by atoms with E-state index >= 15 is 0 Å². The molecule has 1 fully saturated rings. The average Bonchev–Trinajstić information content (AvgIpc) is 2.25. The predicted octanol–water partition coefficient (Wildman–Crippen LogP) is 2.14. The van der Waals surface area contributed by atoms with E-state index in [0.29, 0.717) is 0 Å². The third-order valence-corrected chi connectivity index (χ3v) is 2.01. The molecule has 0 saturated heterocycles. The van der Waals surface area contributed by atoms with E-state index in [2.05, 4.69) is 18.1 Å². The Balaban J connectivity index is 0. The van der Waals surface area contributed by atoms with Gasteiger partial charge < -0.3 is 11.1 Å². The summed E-state index contributed by atoms with van der Waals surface area (Å²) in [5.41, 5.74) is 4.50. The Kier molecular flexibility index (Phi) is 16.3. The SMILES string of the molecule is CC.CN.CNC1CCCCC1. The van der Waals surface area contributed by atoms with E-state index < -0.39 is 0 Å². The lowest BCUT2D eigenvalue weighted by Crippen LogP contribution is -2.26. The van der Waals surface area contributed by atoms with Gasteiger partial charge in [0.1, 0.15) is 0 Å². The van der Waals surface area contributed by atoms with Crippen LogP contribution in [0.3, 0.4) is 0 Å². The van der Waals surface area contributed by atoms with Crippen molar-refractivity contribution >= 4 is 0 Å². The summed E-state index contributed by atoms with van der Waals surface area (Å²) in [6.45, 7) is 4.00. The van der Waals surface area contributed by atoms with E-state index in [1.165, 1.54) is 39.2 Å². The highest BCUT2D eigenvalue weighted by molar-refractivity contribution is 4.68. The highest BCUT2D eigenvalue weighted by atomic mass is 14.9. The van der Waals surface area contributed by atoms with Crippen LogP contribution < -0.4 is 11.1 Å². The lowest BCUT2D eigenvalue weighted by Gasteiger charge is -2.20.